The quantitative estimate of drug-likeness (QED) is 0.328. The maximum Gasteiger partial charge on any atom is 0.416 e. The largest absolute Gasteiger partial charge is 0.443 e. The second-order valence-corrected chi connectivity index (χ2v) is 10.1. The first kappa shape index (κ1) is 23.1. The van der Waals surface area contributed by atoms with E-state index in [-0.39, 0.29) is 26.4 Å². The van der Waals surface area contributed by atoms with Gasteiger partial charge in [0.15, 0.2) is 0 Å². The van der Waals surface area contributed by atoms with Crippen LogP contribution < -0.4 is 9.44 Å². The molecule has 6 nitrogen and oxygen atoms in total. The number of rotatable bonds is 6. The van der Waals surface area contributed by atoms with Crippen molar-refractivity contribution in [3.63, 3.8) is 0 Å². The highest BCUT2D eigenvalue weighted by atomic mass is 35.5. The van der Waals surface area contributed by atoms with Gasteiger partial charge in [-0.05, 0) is 42.5 Å². The van der Waals surface area contributed by atoms with Crippen LogP contribution in [-0.4, -0.2) is 12.6 Å². The Kier molecular flexibility index (Phi) is 6.12. The minimum absolute atomic E-state index is 0.0369. The molecular weight excluding hydrogens is 501 g/mol. The predicted octanol–water partition coefficient (Wildman–Crippen LogP) is 6.04. The number of nitrogens with one attached hydrogen (secondary N) is 2. The van der Waals surface area contributed by atoms with Crippen molar-refractivity contribution in [2.45, 2.75) is 16.2 Å². The second kappa shape index (κ2) is 8.73. The molecule has 33 heavy (non-hydrogen) atoms. The number of hydrogen-bond donors (Lipinski definition) is 2. The highest BCUT2D eigenvalue weighted by molar-refractivity contribution is 7.92. The van der Waals surface area contributed by atoms with E-state index in [0.29, 0.717) is 11.0 Å². The van der Waals surface area contributed by atoms with Crippen molar-refractivity contribution < 1.29 is 30.2 Å². The maximum atomic E-state index is 13.0. The predicted molar refractivity (Wildman–Crippen MR) is 120 cm³/mol. The summed E-state index contributed by atoms with van der Waals surface area (Å²) in [6, 6.07) is 16.1. The lowest BCUT2D eigenvalue weighted by molar-refractivity contribution is -0.137. The molecular formula is C21H14ClF3N2O4S2. The Bertz CT molecular complexity index is 1440. The highest BCUT2D eigenvalue weighted by Crippen LogP contribution is 2.33. The van der Waals surface area contributed by atoms with Gasteiger partial charge < -0.3 is 4.42 Å². The van der Waals surface area contributed by atoms with Crippen LogP contribution in [0.25, 0.3) is 11.0 Å². The van der Waals surface area contributed by atoms with Crippen molar-refractivity contribution >= 4 is 55.0 Å². The fourth-order valence-corrected chi connectivity index (χ4v) is 5.07. The number of alkyl halides is 3. The van der Waals surface area contributed by atoms with Crippen molar-refractivity contribution in [2.24, 2.45) is 0 Å². The number of anilines is 2. The zero-order chi connectivity index (χ0) is 23.8. The summed E-state index contributed by atoms with van der Waals surface area (Å²) in [5.41, 5.74) is -0.622. The number of hydrogen-bond acceptors (Lipinski definition) is 4. The molecule has 1 unspecified atom stereocenters. The van der Waals surface area contributed by atoms with Crippen LogP contribution in [-0.2, 0) is 27.2 Å². The Balaban J connectivity index is 1.63. The van der Waals surface area contributed by atoms with E-state index in [1.807, 2.05) is 0 Å². The summed E-state index contributed by atoms with van der Waals surface area (Å²) in [4.78, 5) is -0.147. The molecule has 12 heteroatoms. The van der Waals surface area contributed by atoms with E-state index in [1.54, 1.807) is 24.3 Å². The normalized spacial score (nSPS) is 13.1. The average Bonchev–Trinajstić information content (AvgIpc) is 3.20. The number of para-hydroxylation sites is 1. The summed E-state index contributed by atoms with van der Waals surface area (Å²) in [5, 5.41) is 0.398. The summed E-state index contributed by atoms with van der Waals surface area (Å²) >= 11 is 5.99. The molecule has 4 rings (SSSR count). The van der Waals surface area contributed by atoms with E-state index >= 15 is 0 Å². The van der Waals surface area contributed by atoms with Crippen LogP contribution in [0.5, 0.6) is 0 Å². The maximum absolute atomic E-state index is 13.0. The summed E-state index contributed by atoms with van der Waals surface area (Å²) in [5.74, 6) is 0. The van der Waals surface area contributed by atoms with Crippen LogP contribution in [0, 0.1) is 0 Å². The first-order valence-corrected chi connectivity index (χ1v) is 12.2. The molecule has 1 atom stereocenters. The van der Waals surface area contributed by atoms with E-state index in [4.69, 9.17) is 16.0 Å². The average molecular weight is 515 g/mol. The number of benzene rings is 3. The Morgan fingerprint density at radius 3 is 2.39 bits per heavy atom. The van der Waals surface area contributed by atoms with Crippen LogP contribution in [0.4, 0.5) is 24.5 Å². The standard InChI is InChI=1S/C21H14ClF3N2O4S2/c22-15-8-9-17(26-32(28)16-6-3-5-14(11-16)21(23,24)25)18(12-15)27-33(29,30)20-10-13-4-1-2-7-19(13)31-20/h1-12,26-27H. The monoisotopic (exact) mass is 514 g/mol. The zero-order valence-electron chi connectivity index (χ0n) is 16.4. The lowest BCUT2D eigenvalue weighted by Gasteiger charge is -2.14. The molecule has 1 aromatic heterocycles. The smallest absolute Gasteiger partial charge is 0.416 e. The van der Waals surface area contributed by atoms with Crippen LogP contribution >= 0.6 is 11.6 Å². The third-order valence-corrected chi connectivity index (χ3v) is 7.01. The van der Waals surface area contributed by atoms with Gasteiger partial charge in [0.2, 0.25) is 5.09 Å². The molecule has 0 saturated carbocycles. The highest BCUT2D eigenvalue weighted by Gasteiger charge is 2.31. The molecule has 0 radical (unpaired) electrons. The first-order chi connectivity index (χ1) is 15.5. The van der Waals surface area contributed by atoms with Crippen LogP contribution in [0.15, 0.2) is 87.2 Å². The lowest BCUT2D eigenvalue weighted by atomic mass is 10.2. The fraction of sp³-hybridized carbons (Fsp3) is 0.0476. The van der Waals surface area contributed by atoms with Gasteiger partial charge >= 0.3 is 6.18 Å². The third kappa shape index (κ3) is 5.15. The van der Waals surface area contributed by atoms with Crippen molar-refractivity contribution in [3.05, 3.63) is 83.4 Å². The number of fused-ring (bicyclic) bond motifs is 1. The third-order valence-electron chi connectivity index (χ3n) is 4.47. The Morgan fingerprint density at radius 1 is 0.909 bits per heavy atom. The van der Waals surface area contributed by atoms with Gasteiger partial charge in [0, 0.05) is 16.5 Å². The van der Waals surface area contributed by atoms with Crippen molar-refractivity contribution in [1.29, 1.82) is 0 Å². The summed E-state index contributed by atoms with van der Waals surface area (Å²) in [7, 11) is -6.34. The Morgan fingerprint density at radius 2 is 1.67 bits per heavy atom. The fourth-order valence-electron chi connectivity index (χ4n) is 2.92. The molecule has 0 bridgehead atoms. The molecule has 0 aliphatic rings. The molecule has 0 fully saturated rings. The van der Waals surface area contributed by atoms with Gasteiger partial charge in [0.1, 0.15) is 16.6 Å². The number of sulfonamides is 1. The molecule has 1 heterocycles. The van der Waals surface area contributed by atoms with Crippen molar-refractivity contribution in [3.8, 4) is 0 Å². The van der Waals surface area contributed by atoms with Crippen molar-refractivity contribution in [1.82, 2.24) is 0 Å². The van der Waals surface area contributed by atoms with Crippen molar-refractivity contribution in [2.75, 3.05) is 9.44 Å². The Labute approximate surface area is 194 Å². The van der Waals surface area contributed by atoms with Gasteiger partial charge in [-0.15, -0.1) is 0 Å². The van der Waals surface area contributed by atoms with E-state index in [2.05, 4.69) is 9.44 Å². The van der Waals surface area contributed by atoms with Crippen LogP contribution in [0.2, 0.25) is 5.02 Å². The molecule has 0 aliphatic carbocycles. The minimum atomic E-state index is -4.60. The molecule has 0 saturated heterocycles. The SMILES string of the molecule is O=S(Nc1ccc(Cl)cc1NS(=O)(=O)c1cc2ccccc2o1)c1cccc(C(F)(F)F)c1. The van der Waals surface area contributed by atoms with Gasteiger partial charge in [-0.2, -0.15) is 21.6 Å². The second-order valence-electron chi connectivity index (χ2n) is 6.80. The summed E-state index contributed by atoms with van der Waals surface area (Å²) < 4.78 is 87.6. The van der Waals surface area contributed by atoms with E-state index < -0.39 is 32.7 Å². The zero-order valence-corrected chi connectivity index (χ0v) is 18.8. The molecule has 0 aliphatic heterocycles. The summed E-state index contributed by atoms with van der Waals surface area (Å²) in [6.45, 7) is 0. The molecule has 2 N–H and O–H groups in total. The van der Waals surface area contributed by atoms with E-state index in [0.717, 1.165) is 18.2 Å². The van der Waals surface area contributed by atoms with Crippen LogP contribution in [0.1, 0.15) is 5.56 Å². The number of halogens is 4. The minimum Gasteiger partial charge on any atom is -0.443 e. The molecule has 3 aromatic carbocycles. The van der Waals surface area contributed by atoms with Gasteiger partial charge in [-0.3, -0.25) is 9.44 Å². The van der Waals surface area contributed by atoms with Gasteiger partial charge in [0.25, 0.3) is 10.0 Å². The van der Waals surface area contributed by atoms with E-state index in [9.17, 15) is 25.8 Å². The van der Waals surface area contributed by atoms with Gasteiger partial charge in [-0.25, -0.2) is 4.21 Å². The number of furan rings is 1. The molecule has 0 spiro atoms. The molecule has 0 amide bonds. The van der Waals surface area contributed by atoms with Gasteiger partial charge in [0.05, 0.1) is 21.8 Å². The Hall–Kier alpha value is -3.02. The topological polar surface area (TPSA) is 88.4 Å². The van der Waals surface area contributed by atoms with Gasteiger partial charge in [-0.1, -0.05) is 35.9 Å². The first-order valence-electron chi connectivity index (χ1n) is 9.19. The summed E-state index contributed by atoms with van der Waals surface area (Å²) in [6.07, 6.45) is -4.60. The van der Waals surface area contributed by atoms with E-state index in [1.165, 1.54) is 30.3 Å². The van der Waals surface area contributed by atoms with Crippen LogP contribution in [0.3, 0.4) is 0 Å². The lowest BCUT2D eigenvalue weighted by Crippen LogP contribution is -2.15. The molecule has 172 valence electrons. The molecule has 4 aromatic rings.